The fourth-order valence-corrected chi connectivity index (χ4v) is 11.3. The average Bonchev–Trinajstić information content (AvgIpc) is 1.84. The van der Waals surface area contributed by atoms with Gasteiger partial charge in [0.25, 0.3) is 0 Å². The predicted octanol–water partition coefficient (Wildman–Crippen LogP) is 21.5. The maximum absolute atomic E-state index is 12.9. The van der Waals surface area contributed by atoms with Crippen molar-refractivity contribution >= 4 is 33.6 Å². The molecule has 5 atom stereocenters. The molecule has 0 aromatic carbocycles. The van der Waals surface area contributed by atoms with Gasteiger partial charge in [-0.1, -0.05) is 270 Å². The highest BCUT2D eigenvalue weighted by Gasteiger charge is 2.29. The van der Waals surface area contributed by atoms with Gasteiger partial charge in [-0.3, -0.25) is 32.5 Å². The molecule has 97 heavy (non-hydrogen) atoms. The lowest BCUT2D eigenvalue weighted by Crippen LogP contribution is -2.30. The number of rotatable bonds is 70. The molecule has 0 aliphatic carbocycles. The zero-order valence-electron chi connectivity index (χ0n) is 60.5. The fourth-order valence-electron chi connectivity index (χ4n) is 9.68. The topological polar surface area (TPSA) is 231 Å². The number of allylic oxidation sites excluding steroid dienone is 22. The maximum Gasteiger partial charge on any atom is 0.472 e. The van der Waals surface area contributed by atoms with Gasteiger partial charge >= 0.3 is 33.6 Å². The molecule has 0 amide bonds. The number of carbonyl (C=O) groups excluding carboxylic acids is 3. The highest BCUT2D eigenvalue weighted by Crippen LogP contribution is 2.45. The number of hydrogen-bond donors (Lipinski definition) is 4. The Morgan fingerprint density at radius 3 is 0.866 bits per heavy atom. The lowest BCUT2D eigenvalue weighted by molar-refractivity contribution is -0.161. The number of hydrogen-bond acceptors (Lipinski definition) is 14. The van der Waals surface area contributed by atoms with Gasteiger partial charge in [0.2, 0.25) is 0 Å². The zero-order valence-corrected chi connectivity index (χ0v) is 62.2. The number of esters is 3. The van der Waals surface area contributed by atoms with E-state index in [1.54, 1.807) is 0 Å². The normalized spacial score (nSPS) is 14.8. The standard InChI is InChI=1S/C79H134O16P2/c1-4-7-10-13-16-19-22-25-28-29-30-31-32-33-34-35-36-37-38-39-40-41-42-43-46-48-50-53-56-59-62-65-77(82)89-68-74(80)69-91-96(85,86)92-70-75(81)71-93-97(87,88)94-73-76(95-79(84)67-64-61-58-55-52-49-45-27-24-21-18-15-12-9-6-3)72-90-78(83)66-63-60-57-54-51-47-44-26-23-20-17-14-11-8-5-2/h7-8,10-11,16-21,25-28,30-31,33-34,36-37,44-45,74-76,80-81H,4-6,9,12-15,22-24,29,32,35,38-43,46-73H2,1-3H3,(H,85,86)(H,87,88)/b10-7-,11-8-,19-16-,20-17-,21-18-,28-25-,31-30-,34-33-,37-36-,44-26-,45-27-. The van der Waals surface area contributed by atoms with Crippen LogP contribution in [0.3, 0.4) is 0 Å². The molecular weight excluding hydrogens is 1270 g/mol. The van der Waals surface area contributed by atoms with Crippen molar-refractivity contribution in [3.8, 4) is 0 Å². The van der Waals surface area contributed by atoms with Gasteiger partial charge in [0.05, 0.1) is 26.4 Å². The van der Waals surface area contributed by atoms with Gasteiger partial charge in [-0.15, -0.1) is 0 Å². The molecule has 18 heteroatoms. The first-order chi connectivity index (χ1) is 47.2. The van der Waals surface area contributed by atoms with Crippen molar-refractivity contribution in [1.29, 1.82) is 0 Å². The van der Waals surface area contributed by atoms with Crippen LogP contribution in [0.1, 0.15) is 290 Å². The molecule has 0 aliphatic heterocycles. The van der Waals surface area contributed by atoms with Gasteiger partial charge in [-0.25, -0.2) is 9.13 Å². The summed E-state index contributed by atoms with van der Waals surface area (Å²) in [4.78, 5) is 58.5. The zero-order chi connectivity index (χ0) is 70.9. The molecule has 556 valence electrons. The molecule has 0 saturated carbocycles. The van der Waals surface area contributed by atoms with Crippen LogP contribution >= 0.6 is 15.6 Å². The fraction of sp³-hybridized carbons (Fsp3) is 0.684. The number of unbranched alkanes of at least 4 members (excludes halogenated alkanes) is 25. The second-order valence-corrected chi connectivity index (χ2v) is 27.6. The Labute approximate surface area is 588 Å². The summed E-state index contributed by atoms with van der Waals surface area (Å²) in [7, 11) is -9.79. The smallest absolute Gasteiger partial charge is 0.463 e. The third-order valence-corrected chi connectivity index (χ3v) is 17.2. The highest BCUT2D eigenvalue weighted by atomic mass is 31.2. The molecule has 0 spiro atoms. The van der Waals surface area contributed by atoms with Crippen molar-refractivity contribution in [3.05, 3.63) is 134 Å². The third-order valence-electron chi connectivity index (χ3n) is 15.3. The second kappa shape index (κ2) is 71.5. The van der Waals surface area contributed by atoms with Crippen molar-refractivity contribution < 1.29 is 75.8 Å². The van der Waals surface area contributed by atoms with Gasteiger partial charge in [0.15, 0.2) is 6.10 Å². The lowest BCUT2D eigenvalue weighted by Gasteiger charge is -2.21. The molecular formula is C79H134O16P2. The summed E-state index contributed by atoms with van der Waals surface area (Å²) in [6.45, 7) is 2.38. The highest BCUT2D eigenvalue weighted by molar-refractivity contribution is 7.47. The Morgan fingerprint density at radius 1 is 0.299 bits per heavy atom. The number of ether oxygens (including phenoxy) is 3. The number of carbonyl (C=O) groups is 3. The minimum Gasteiger partial charge on any atom is -0.463 e. The number of phosphoric acid groups is 2. The molecule has 0 saturated heterocycles. The van der Waals surface area contributed by atoms with E-state index in [4.69, 9.17) is 32.3 Å². The summed E-state index contributed by atoms with van der Waals surface area (Å²) in [6, 6.07) is 0. The molecule has 0 radical (unpaired) electrons. The Kier molecular flexibility index (Phi) is 68.3. The van der Waals surface area contributed by atoms with Crippen LogP contribution in [0.2, 0.25) is 0 Å². The van der Waals surface area contributed by atoms with E-state index in [1.165, 1.54) is 70.6 Å². The molecule has 5 unspecified atom stereocenters. The van der Waals surface area contributed by atoms with E-state index in [-0.39, 0.29) is 19.3 Å². The van der Waals surface area contributed by atoms with Gasteiger partial charge in [0, 0.05) is 19.3 Å². The van der Waals surface area contributed by atoms with Crippen LogP contribution in [-0.4, -0.2) is 95.9 Å². The van der Waals surface area contributed by atoms with Crippen LogP contribution in [0.5, 0.6) is 0 Å². The summed E-state index contributed by atoms with van der Waals surface area (Å²) in [5, 5.41) is 20.6. The summed E-state index contributed by atoms with van der Waals surface area (Å²) < 4.78 is 61.0. The van der Waals surface area contributed by atoms with E-state index in [2.05, 4.69) is 154 Å². The maximum atomic E-state index is 12.9. The third kappa shape index (κ3) is 72.8. The molecule has 0 rings (SSSR count). The van der Waals surface area contributed by atoms with Gasteiger partial charge in [-0.2, -0.15) is 0 Å². The first-order valence-corrected chi connectivity index (χ1v) is 40.5. The summed E-state index contributed by atoms with van der Waals surface area (Å²) >= 11 is 0. The van der Waals surface area contributed by atoms with Crippen LogP contribution < -0.4 is 0 Å². The largest absolute Gasteiger partial charge is 0.472 e. The molecule has 0 heterocycles. The van der Waals surface area contributed by atoms with E-state index in [0.29, 0.717) is 19.3 Å². The molecule has 0 bridgehead atoms. The predicted molar refractivity (Wildman–Crippen MR) is 399 cm³/mol. The molecule has 4 N–H and O–H groups in total. The summed E-state index contributed by atoms with van der Waals surface area (Å²) in [5.74, 6) is -1.61. The van der Waals surface area contributed by atoms with Gasteiger partial charge in [-0.05, 0) is 135 Å². The van der Waals surface area contributed by atoms with Crippen LogP contribution in [0.25, 0.3) is 0 Å². The monoisotopic (exact) mass is 1400 g/mol. The minimum absolute atomic E-state index is 0.0826. The van der Waals surface area contributed by atoms with Crippen molar-refractivity contribution in [3.63, 3.8) is 0 Å². The molecule has 0 aromatic heterocycles. The van der Waals surface area contributed by atoms with Crippen LogP contribution in [0.4, 0.5) is 0 Å². The minimum atomic E-state index is -4.93. The van der Waals surface area contributed by atoms with E-state index in [9.17, 15) is 43.5 Å². The first kappa shape index (κ1) is 92.7. The molecule has 0 fully saturated rings. The van der Waals surface area contributed by atoms with Crippen LogP contribution in [-0.2, 0) is 55.8 Å². The Balaban J connectivity index is 4.47. The average molecular weight is 1400 g/mol. The van der Waals surface area contributed by atoms with E-state index in [0.717, 1.165) is 161 Å². The summed E-state index contributed by atoms with van der Waals surface area (Å²) in [5.41, 5.74) is 0. The summed E-state index contributed by atoms with van der Waals surface area (Å²) in [6.07, 6.45) is 85.1. The SMILES string of the molecule is CC/C=C\C/C=C\C/C=C\C/C=C\C/C=C\C/C=C\CCCCCCCCCCCCCCC(=O)OCC(O)COP(=O)(O)OCC(O)COP(=O)(O)OCC(COC(=O)CCCCCCC/C=C\C/C=C\C/C=C\CC)OC(=O)CCCCCCC/C=C\C/C=C\CCCCC. The molecule has 0 aliphatic rings. The Morgan fingerprint density at radius 2 is 0.546 bits per heavy atom. The second-order valence-electron chi connectivity index (χ2n) is 24.7. The Bertz CT molecular complexity index is 2300. The number of phosphoric ester groups is 2. The number of aliphatic hydroxyl groups excluding tert-OH is 2. The molecule has 16 nitrogen and oxygen atoms in total. The van der Waals surface area contributed by atoms with Gasteiger partial charge < -0.3 is 34.2 Å². The lowest BCUT2D eigenvalue weighted by atomic mass is 10.0. The number of aliphatic hydroxyl groups is 2. The van der Waals surface area contributed by atoms with Crippen LogP contribution in [0, 0.1) is 0 Å². The van der Waals surface area contributed by atoms with E-state index >= 15 is 0 Å². The van der Waals surface area contributed by atoms with Crippen molar-refractivity contribution in [1.82, 2.24) is 0 Å². The van der Waals surface area contributed by atoms with E-state index < -0.39 is 91.5 Å². The van der Waals surface area contributed by atoms with Crippen LogP contribution in [0.15, 0.2) is 134 Å². The first-order valence-electron chi connectivity index (χ1n) is 37.5. The molecule has 0 aromatic rings. The van der Waals surface area contributed by atoms with E-state index in [1.807, 2.05) is 0 Å². The van der Waals surface area contributed by atoms with Crippen molar-refractivity contribution in [2.75, 3.05) is 39.6 Å². The van der Waals surface area contributed by atoms with Crippen molar-refractivity contribution in [2.45, 2.75) is 309 Å². The van der Waals surface area contributed by atoms with Crippen molar-refractivity contribution in [2.24, 2.45) is 0 Å². The van der Waals surface area contributed by atoms with Gasteiger partial charge in [0.1, 0.15) is 25.4 Å². The quantitative estimate of drug-likeness (QED) is 0.0146. The Hall–Kier alpha value is -4.31.